The number of H-pyrrole nitrogens is 1. The van der Waals surface area contributed by atoms with Crippen LogP contribution in [0.25, 0.3) is 10.9 Å². The Labute approximate surface area is 209 Å². The van der Waals surface area contributed by atoms with E-state index in [2.05, 4.69) is 37.7 Å². The minimum atomic E-state index is -0.231. The van der Waals surface area contributed by atoms with Gasteiger partial charge in [0, 0.05) is 29.7 Å². The van der Waals surface area contributed by atoms with Crippen molar-refractivity contribution in [2.75, 3.05) is 6.54 Å². The number of phenols is 1. The molecular weight excluding hydrogens is 436 g/mol. The van der Waals surface area contributed by atoms with E-state index in [0.29, 0.717) is 36.6 Å². The number of hydrogen-bond donors (Lipinski definition) is 4. The van der Waals surface area contributed by atoms with E-state index >= 15 is 0 Å². The number of fused-ring (bicyclic) bond motifs is 2. The van der Waals surface area contributed by atoms with Gasteiger partial charge in [0.15, 0.2) is 0 Å². The van der Waals surface area contributed by atoms with Crippen molar-refractivity contribution in [3.8, 4) is 5.75 Å². The molecule has 0 radical (unpaired) electrons. The average molecular weight is 479 g/mol. The van der Waals surface area contributed by atoms with E-state index in [9.17, 15) is 15.0 Å². The van der Waals surface area contributed by atoms with Crippen LogP contribution in [0.2, 0.25) is 0 Å². The number of aromatic hydroxyl groups is 1. The molecule has 1 heterocycles. The monoisotopic (exact) mass is 478 g/mol. The zero-order chi connectivity index (χ0) is 25.3. The maximum Gasteiger partial charge on any atom is 0.243 e. The maximum atomic E-state index is 12.5. The summed E-state index contributed by atoms with van der Waals surface area (Å²) in [5.74, 6) is 2.23. The van der Waals surface area contributed by atoms with Gasteiger partial charge in [0.05, 0.1) is 6.10 Å². The number of rotatable bonds is 7. The molecule has 0 spiro atoms. The molecule has 2 fully saturated rings. The molecule has 35 heavy (non-hydrogen) atoms. The highest BCUT2D eigenvalue weighted by molar-refractivity contribution is 5.88. The van der Waals surface area contributed by atoms with Gasteiger partial charge in [-0.1, -0.05) is 38.5 Å². The van der Waals surface area contributed by atoms with E-state index in [1.54, 1.807) is 18.2 Å². The van der Waals surface area contributed by atoms with Crippen LogP contribution in [0.4, 0.5) is 0 Å². The van der Waals surface area contributed by atoms with Crippen molar-refractivity contribution in [2.24, 2.45) is 29.1 Å². The first-order valence-electron chi connectivity index (χ1n) is 13.2. The SMILES string of the molecule is C=C1CCC2C(C(C)CC(O)C2(C)C)C1CC/C(C)=C/C(=O)NCCc1c[nH]c2ccc(O)cc12. The third-order valence-corrected chi connectivity index (χ3v) is 8.97. The predicted molar refractivity (Wildman–Crippen MR) is 142 cm³/mol. The summed E-state index contributed by atoms with van der Waals surface area (Å²) in [4.78, 5) is 15.7. The van der Waals surface area contributed by atoms with Crippen LogP contribution in [0.3, 0.4) is 0 Å². The third kappa shape index (κ3) is 5.35. The summed E-state index contributed by atoms with van der Waals surface area (Å²) in [5.41, 5.74) is 4.46. The molecule has 5 unspecified atom stereocenters. The van der Waals surface area contributed by atoms with Crippen molar-refractivity contribution in [1.82, 2.24) is 10.3 Å². The van der Waals surface area contributed by atoms with Crippen molar-refractivity contribution in [3.63, 3.8) is 0 Å². The van der Waals surface area contributed by atoms with Gasteiger partial charge < -0.3 is 20.5 Å². The molecule has 4 N–H and O–H groups in total. The number of amides is 1. The number of carbonyl (C=O) groups is 1. The number of hydrogen-bond acceptors (Lipinski definition) is 3. The number of aromatic nitrogens is 1. The van der Waals surface area contributed by atoms with Crippen LogP contribution in [0.1, 0.15) is 65.4 Å². The van der Waals surface area contributed by atoms with E-state index in [4.69, 9.17) is 0 Å². The first-order chi connectivity index (χ1) is 16.6. The Kier molecular flexibility index (Phi) is 7.46. The number of aliphatic hydroxyl groups is 1. The highest BCUT2D eigenvalue weighted by atomic mass is 16.3. The van der Waals surface area contributed by atoms with Gasteiger partial charge in [-0.2, -0.15) is 0 Å². The second-order valence-electron chi connectivity index (χ2n) is 11.7. The van der Waals surface area contributed by atoms with Gasteiger partial charge in [-0.25, -0.2) is 0 Å². The molecule has 2 aliphatic carbocycles. The zero-order valence-corrected chi connectivity index (χ0v) is 21.7. The van der Waals surface area contributed by atoms with Crippen LogP contribution in [0.5, 0.6) is 5.75 Å². The van der Waals surface area contributed by atoms with E-state index in [1.165, 1.54) is 5.57 Å². The van der Waals surface area contributed by atoms with Gasteiger partial charge in [-0.05, 0) is 98.3 Å². The molecular formula is C30H42N2O3. The van der Waals surface area contributed by atoms with Crippen molar-refractivity contribution in [2.45, 2.75) is 72.3 Å². The van der Waals surface area contributed by atoms with E-state index < -0.39 is 0 Å². The number of nitrogens with one attached hydrogen (secondary N) is 2. The minimum Gasteiger partial charge on any atom is -0.508 e. The van der Waals surface area contributed by atoms with Gasteiger partial charge in [-0.15, -0.1) is 0 Å². The van der Waals surface area contributed by atoms with Crippen LogP contribution >= 0.6 is 0 Å². The second-order valence-corrected chi connectivity index (χ2v) is 11.7. The van der Waals surface area contributed by atoms with Crippen LogP contribution in [0.15, 0.2) is 48.2 Å². The van der Waals surface area contributed by atoms with Crippen molar-refractivity contribution in [1.29, 1.82) is 0 Å². The molecule has 5 heteroatoms. The smallest absolute Gasteiger partial charge is 0.243 e. The molecule has 4 rings (SSSR count). The number of aliphatic hydroxyl groups excluding tert-OH is 1. The summed E-state index contributed by atoms with van der Waals surface area (Å²) in [5, 5.41) is 24.5. The van der Waals surface area contributed by atoms with Gasteiger partial charge >= 0.3 is 0 Å². The third-order valence-electron chi connectivity index (χ3n) is 8.97. The van der Waals surface area contributed by atoms with Gasteiger partial charge in [0.2, 0.25) is 5.91 Å². The minimum absolute atomic E-state index is 0.0512. The standard InChI is InChI=1S/C30H42N2O3/c1-18(14-28(35)31-13-12-21-17-32-26-11-8-22(33)16-24(21)26)6-9-23-19(2)7-10-25-29(23)20(3)15-27(34)30(25,4)5/h8,11,14,16-17,20,23,25,27,29,32-34H,2,6-7,9-10,12-13,15H2,1,3-5H3,(H,31,35)/b18-14+. The molecule has 2 aromatic rings. The molecule has 5 nitrogen and oxygen atoms in total. The number of carbonyl (C=O) groups excluding carboxylic acids is 1. The largest absolute Gasteiger partial charge is 0.508 e. The quantitative estimate of drug-likeness (QED) is 0.296. The summed E-state index contributed by atoms with van der Waals surface area (Å²) >= 11 is 0. The van der Waals surface area contributed by atoms with Crippen LogP contribution in [0, 0.1) is 29.1 Å². The second kappa shape index (κ2) is 10.2. The van der Waals surface area contributed by atoms with Crippen molar-refractivity contribution < 1.29 is 15.0 Å². The van der Waals surface area contributed by atoms with Crippen molar-refractivity contribution in [3.05, 3.63) is 53.8 Å². The van der Waals surface area contributed by atoms with Gasteiger partial charge in [0.1, 0.15) is 5.75 Å². The lowest BCUT2D eigenvalue weighted by molar-refractivity contribution is -0.116. The first-order valence-corrected chi connectivity index (χ1v) is 13.2. The van der Waals surface area contributed by atoms with Crippen molar-refractivity contribution >= 4 is 16.8 Å². The fourth-order valence-corrected chi connectivity index (χ4v) is 6.81. The van der Waals surface area contributed by atoms with E-state index in [-0.39, 0.29) is 23.2 Å². The van der Waals surface area contributed by atoms with Crippen LogP contribution in [-0.2, 0) is 11.2 Å². The zero-order valence-electron chi connectivity index (χ0n) is 21.7. The number of benzene rings is 1. The number of aromatic amines is 1. The lowest BCUT2D eigenvalue weighted by Gasteiger charge is -2.55. The Morgan fingerprint density at radius 3 is 2.89 bits per heavy atom. The Bertz CT molecular complexity index is 1110. The summed E-state index contributed by atoms with van der Waals surface area (Å²) in [6, 6.07) is 5.28. The van der Waals surface area contributed by atoms with E-state index in [0.717, 1.165) is 54.1 Å². The summed E-state index contributed by atoms with van der Waals surface area (Å²) < 4.78 is 0. The number of allylic oxidation sites excluding steroid dienone is 2. The normalized spacial score (nSPS) is 28.7. The summed E-state index contributed by atoms with van der Waals surface area (Å²) in [7, 11) is 0. The molecule has 1 aromatic carbocycles. The highest BCUT2D eigenvalue weighted by Gasteiger charge is 2.51. The maximum absolute atomic E-state index is 12.5. The fraction of sp³-hybridized carbons (Fsp3) is 0.567. The fourth-order valence-electron chi connectivity index (χ4n) is 6.81. The van der Waals surface area contributed by atoms with Gasteiger partial charge in [0.25, 0.3) is 0 Å². The molecule has 1 aromatic heterocycles. The van der Waals surface area contributed by atoms with Crippen LogP contribution in [-0.4, -0.2) is 33.8 Å². The lowest BCUT2D eigenvalue weighted by Crippen LogP contribution is -2.52. The molecule has 0 bridgehead atoms. The Morgan fingerprint density at radius 1 is 1.34 bits per heavy atom. The molecule has 5 atom stereocenters. The first kappa shape index (κ1) is 25.6. The molecule has 0 saturated heterocycles. The summed E-state index contributed by atoms with van der Waals surface area (Å²) in [6.07, 6.45) is 9.09. The Hall–Kier alpha value is -2.53. The Morgan fingerprint density at radius 2 is 2.11 bits per heavy atom. The molecule has 2 saturated carbocycles. The lowest BCUT2D eigenvalue weighted by atomic mass is 9.50. The topological polar surface area (TPSA) is 85.4 Å². The van der Waals surface area contributed by atoms with E-state index in [1.807, 2.05) is 19.2 Å². The summed E-state index contributed by atoms with van der Waals surface area (Å²) in [6.45, 7) is 13.8. The highest BCUT2D eigenvalue weighted by Crippen LogP contribution is 2.56. The molecule has 190 valence electrons. The number of phenolic OH excluding ortho intramolecular Hbond substituents is 1. The molecule has 2 aliphatic rings. The average Bonchev–Trinajstić information content (AvgIpc) is 3.18. The Balaban J connectivity index is 1.31. The van der Waals surface area contributed by atoms with Gasteiger partial charge in [-0.3, -0.25) is 4.79 Å². The molecule has 0 aliphatic heterocycles. The predicted octanol–water partition coefficient (Wildman–Crippen LogP) is 5.88. The molecule has 1 amide bonds. The van der Waals surface area contributed by atoms with Crippen LogP contribution < -0.4 is 5.32 Å².